The van der Waals surface area contributed by atoms with E-state index in [4.69, 9.17) is 0 Å². The van der Waals surface area contributed by atoms with Gasteiger partial charge in [-0.3, -0.25) is 4.79 Å². The fourth-order valence-corrected chi connectivity index (χ4v) is 4.49. The number of carbonyl (C=O) groups is 1. The van der Waals surface area contributed by atoms with E-state index in [0.717, 1.165) is 23.7 Å². The molecule has 0 heterocycles. The van der Waals surface area contributed by atoms with Crippen molar-refractivity contribution < 1.29 is 14.3 Å². The molecule has 0 aliphatic heterocycles. The molecule has 0 amide bonds. The summed E-state index contributed by atoms with van der Waals surface area (Å²) in [6.45, 7) is 1.90. The van der Waals surface area contributed by atoms with Gasteiger partial charge in [0.15, 0.2) is 0 Å². The summed E-state index contributed by atoms with van der Waals surface area (Å²) in [4.78, 5) is 11.5. The third kappa shape index (κ3) is 2.73. The highest BCUT2D eigenvalue weighted by Gasteiger charge is 2.51. The van der Waals surface area contributed by atoms with Crippen LogP contribution in [0.2, 0.25) is 0 Å². The van der Waals surface area contributed by atoms with Gasteiger partial charge in [0.2, 0.25) is 0 Å². The molecule has 3 nitrogen and oxygen atoms in total. The Morgan fingerprint density at radius 1 is 1.43 bits per heavy atom. The van der Waals surface area contributed by atoms with E-state index in [0.29, 0.717) is 11.5 Å². The maximum absolute atomic E-state index is 14.0. The lowest BCUT2D eigenvalue weighted by atomic mass is 9.84. The fourth-order valence-electron chi connectivity index (χ4n) is 4.11. The Balaban J connectivity index is 1.79. The molecule has 0 radical (unpaired) electrons. The minimum absolute atomic E-state index is 0.0466. The highest BCUT2D eigenvalue weighted by Crippen LogP contribution is 2.49. The molecule has 114 valence electrons. The molecule has 2 fully saturated rings. The van der Waals surface area contributed by atoms with Crippen LogP contribution in [0.1, 0.15) is 37.8 Å². The first-order valence-corrected chi connectivity index (χ1v) is 8.20. The molecule has 2 aliphatic carbocycles. The minimum Gasteiger partial charge on any atom is -0.481 e. The molecule has 5 unspecified atom stereocenters. The molecule has 2 N–H and O–H groups in total. The summed E-state index contributed by atoms with van der Waals surface area (Å²) in [5.41, 5.74) is 0.580. The van der Waals surface area contributed by atoms with Gasteiger partial charge in [0.05, 0.1) is 5.92 Å². The molecule has 1 aromatic carbocycles. The lowest BCUT2D eigenvalue weighted by molar-refractivity contribution is -0.144. The largest absolute Gasteiger partial charge is 0.481 e. The van der Waals surface area contributed by atoms with Gasteiger partial charge in [-0.05, 0) is 56.2 Å². The van der Waals surface area contributed by atoms with Crippen molar-refractivity contribution in [2.75, 3.05) is 0 Å². The van der Waals surface area contributed by atoms with E-state index in [9.17, 15) is 14.3 Å². The number of carboxylic acid groups (broad SMARTS) is 1. The van der Waals surface area contributed by atoms with Crippen molar-refractivity contribution in [1.82, 2.24) is 5.32 Å². The number of hydrogen-bond acceptors (Lipinski definition) is 2. The summed E-state index contributed by atoms with van der Waals surface area (Å²) in [5.74, 6) is -0.616. The van der Waals surface area contributed by atoms with E-state index in [-0.39, 0.29) is 29.7 Å². The van der Waals surface area contributed by atoms with Crippen molar-refractivity contribution >= 4 is 21.9 Å². The normalized spacial score (nSPS) is 32.3. The number of carboxylic acids is 1. The first-order chi connectivity index (χ1) is 9.97. The van der Waals surface area contributed by atoms with Crippen molar-refractivity contribution in [1.29, 1.82) is 0 Å². The smallest absolute Gasteiger partial charge is 0.308 e. The SMILES string of the molecule is CC(NC1C2CCC(C2)C1C(=O)O)c1cc(Br)ccc1F. The molecule has 5 heteroatoms. The minimum atomic E-state index is -0.721. The highest BCUT2D eigenvalue weighted by molar-refractivity contribution is 9.10. The van der Waals surface area contributed by atoms with Crippen LogP contribution in [0.5, 0.6) is 0 Å². The van der Waals surface area contributed by atoms with E-state index < -0.39 is 5.97 Å². The summed E-state index contributed by atoms with van der Waals surface area (Å²) in [6, 6.07) is 4.62. The predicted octanol–water partition coefficient (Wildman–Crippen LogP) is 3.74. The number of nitrogens with one attached hydrogen (secondary N) is 1. The Labute approximate surface area is 132 Å². The van der Waals surface area contributed by atoms with Crippen molar-refractivity contribution in [3.8, 4) is 0 Å². The number of benzene rings is 1. The summed E-state index contributed by atoms with van der Waals surface area (Å²) in [7, 11) is 0. The third-order valence-electron chi connectivity index (χ3n) is 5.07. The molecule has 5 atom stereocenters. The van der Waals surface area contributed by atoms with Crippen LogP contribution in [0.4, 0.5) is 4.39 Å². The van der Waals surface area contributed by atoms with Crippen molar-refractivity contribution in [2.45, 2.75) is 38.3 Å². The van der Waals surface area contributed by atoms with Gasteiger partial charge in [-0.1, -0.05) is 15.9 Å². The van der Waals surface area contributed by atoms with Gasteiger partial charge >= 0.3 is 5.97 Å². The number of aliphatic carboxylic acids is 1. The summed E-state index contributed by atoms with van der Waals surface area (Å²) in [6.07, 6.45) is 3.08. The van der Waals surface area contributed by atoms with E-state index in [2.05, 4.69) is 21.2 Å². The molecule has 2 bridgehead atoms. The monoisotopic (exact) mass is 355 g/mol. The molecule has 0 aromatic heterocycles. The zero-order valence-corrected chi connectivity index (χ0v) is 13.4. The van der Waals surface area contributed by atoms with Gasteiger partial charge in [0.1, 0.15) is 5.82 Å². The molecular formula is C16H19BrFNO2. The number of fused-ring (bicyclic) bond motifs is 2. The Morgan fingerprint density at radius 2 is 2.14 bits per heavy atom. The Hall–Kier alpha value is -0.940. The zero-order valence-electron chi connectivity index (χ0n) is 11.9. The van der Waals surface area contributed by atoms with Crippen LogP contribution >= 0.6 is 15.9 Å². The molecule has 21 heavy (non-hydrogen) atoms. The van der Waals surface area contributed by atoms with E-state index in [1.165, 1.54) is 6.07 Å². The quantitative estimate of drug-likeness (QED) is 0.864. The van der Waals surface area contributed by atoms with Crippen LogP contribution in [-0.2, 0) is 4.79 Å². The van der Waals surface area contributed by atoms with Gasteiger partial charge < -0.3 is 10.4 Å². The standard InChI is InChI=1S/C16H19BrFNO2/c1-8(12-7-11(17)4-5-13(12)18)19-15-10-3-2-9(6-10)14(15)16(20)21/h4-5,7-10,14-15,19H,2-3,6H2,1H3,(H,20,21). The predicted molar refractivity (Wildman–Crippen MR) is 81.4 cm³/mol. The Morgan fingerprint density at radius 3 is 2.86 bits per heavy atom. The average Bonchev–Trinajstić information content (AvgIpc) is 3.02. The summed E-state index contributed by atoms with van der Waals surface area (Å²) >= 11 is 3.36. The number of halogens is 2. The molecule has 0 saturated heterocycles. The van der Waals surface area contributed by atoms with Gasteiger partial charge in [0, 0.05) is 22.1 Å². The number of hydrogen-bond donors (Lipinski definition) is 2. The first kappa shape index (κ1) is 15.0. The van der Waals surface area contributed by atoms with Crippen LogP contribution in [0, 0.1) is 23.6 Å². The number of rotatable bonds is 4. The summed E-state index contributed by atoms with van der Waals surface area (Å²) in [5, 5.41) is 12.9. The van der Waals surface area contributed by atoms with E-state index >= 15 is 0 Å². The lowest BCUT2D eigenvalue weighted by Crippen LogP contribution is -2.45. The van der Waals surface area contributed by atoms with Crippen molar-refractivity contribution in [3.05, 3.63) is 34.1 Å². The maximum Gasteiger partial charge on any atom is 0.308 e. The van der Waals surface area contributed by atoms with Crippen molar-refractivity contribution in [2.24, 2.45) is 17.8 Å². The maximum atomic E-state index is 14.0. The first-order valence-electron chi connectivity index (χ1n) is 7.41. The Bertz CT molecular complexity index is 565. The zero-order chi connectivity index (χ0) is 15.1. The highest BCUT2D eigenvalue weighted by atomic mass is 79.9. The molecule has 1 aromatic rings. The van der Waals surface area contributed by atoms with Gasteiger partial charge in [-0.2, -0.15) is 0 Å². The van der Waals surface area contributed by atoms with Crippen LogP contribution < -0.4 is 5.32 Å². The van der Waals surface area contributed by atoms with E-state index in [1.807, 2.05) is 6.92 Å². The van der Waals surface area contributed by atoms with Gasteiger partial charge in [0.25, 0.3) is 0 Å². The van der Waals surface area contributed by atoms with E-state index in [1.54, 1.807) is 12.1 Å². The second-order valence-corrected chi connectivity index (χ2v) is 7.19. The molecule has 3 rings (SSSR count). The van der Waals surface area contributed by atoms with Crippen LogP contribution in [0.3, 0.4) is 0 Å². The van der Waals surface area contributed by atoms with Gasteiger partial charge in [-0.25, -0.2) is 4.39 Å². The van der Waals surface area contributed by atoms with Crippen LogP contribution in [-0.4, -0.2) is 17.1 Å². The average molecular weight is 356 g/mol. The molecule has 0 spiro atoms. The van der Waals surface area contributed by atoms with Gasteiger partial charge in [-0.15, -0.1) is 0 Å². The molecule has 2 aliphatic rings. The van der Waals surface area contributed by atoms with Crippen LogP contribution in [0.25, 0.3) is 0 Å². The second-order valence-electron chi connectivity index (χ2n) is 6.28. The fraction of sp³-hybridized carbons (Fsp3) is 0.562. The van der Waals surface area contributed by atoms with Crippen molar-refractivity contribution in [3.63, 3.8) is 0 Å². The van der Waals surface area contributed by atoms with Crippen LogP contribution in [0.15, 0.2) is 22.7 Å². The molecular weight excluding hydrogens is 337 g/mol. The topological polar surface area (TPSA) is 49.3 Å². The third-order valence-corrected chi connectivity index (χ3v) is 5.56. The lowest BCUT2D eigenvalue weighted by Gasteiger charge is -2.32. The second kappa shape index (κ2) is 5.69. The molecule has 2 saturated carbocycles. The Kier molecular flexibility index (Phi) is 4.06. The summed E-state index contributed by atoms with van der Waals surface area (Å²) < 4.78 is 14.8.